The minimum Gasteiger partial charge on any atom is -0.352 e. The molecule has 170 valence electrons. The van der Waals surface area contributed by atoms with Crippen LogP contribution in [0, 0.1) is 5.82 Å². The maximum Gasteiger partial charge on any atom is 0.274 e. The summed E-state index contributed by atoms with van der Waals surface area (Å²) in [4.78, 5) is 19.4. The number of rotatable bonds is 4. The number of aromatic amines is 1. The van der Waals surface area contributed by atoms with Gasteiger partial charge in [-0.2, -0.15) is 4.31 Å². The van der Waals surface area contributed by atoms with Crippen LogP contribution in [0.2, 0.25) is 0 Å². The molecule has 5 heterocycles. The first-order valence-electron chi connectivity index (χ1n) is 10.5. The Morgan fingerprint density at radius 3 is 2.85 bits per heavy atom. The SMILES string of the molecule is O=c1[nH]ccc2c1ncc1c2c(S(=O)(=O)N2CCNC3OC3C2)cn1Cc1ccc(F)cc1. The molecule has 0 saturated carbocycles. The maximum atomic E-state index is 13.8. The first-order valence-corrected chi connectivity index (χ1v) is 12.0. The number of H-pyrrole nitrogens is 1. The van der Waals surface area contributed by atoms with E-state index in [0.717, 1.165) is 5.56 Å². The van der Waals surface area contributed by atoms with Gasteiger partial charge in [0.1, 0.15) is 28.6 Å². The van der Waals surface area contributed by atoms with Gasteiger partial charge in [0.05, 0.1) is 11.7 Å². The van der Waals surface area contributed by atoms with E-state index in [1.165, 1.54) is 28.8 Å². The highest BCUT2D eigenvalue weighted by atomic mass is 32.2. The summed E-state index contributed by atoms with van der Waals surface area (Å²) < 4.78 is 49.7. The standard InChI is InChI=1S/C22H20FN5O4S/c23-14-3-1-13(2-4-14)10-27-12-18(33(30,31)28-8-7-25-22-17(11-28)32-22)19-15-5-6-24-21(29)20(15)26-9-16(19)27/h1-6,9,12,17,22,25H,7-8,10-11H2,(H,24,29). The molecule has 2 unspecified atom stereocenters. The molecule has 4 aromatic rings. The monoisotopic (exact) mass is 469 g/mol. The quantitative estimate of drug-likeness (QED) is 0.437. The van der Waals surface area contributed by atoms with Crippen molar-refractivity contribution in [3.63, 3.8) is 0 Å². The molecule has 0 radical (unpaired) electrons. The van der Waals surface area contributed by atoms with Gasteiger partial charge in [-0.1, -0.05) is 12.1 Å². The summed E-state index contributed by atoms with van der Waals surface area (Å²) in [6, 6.07) is 7.70. The Kier molecular flexibility index (Phi) is 4.63. The zero-order chi connectivity index (χ0) is 22.7. The van der Waals surface area contributed by atoms with Crippen LogP contribution in [-0.4, -0.2) is 59.2 Å². The average Bonchev–Trinajstić information content (AvgIpc) is 3.47. The lowest BCUT2D eigenvalue weighted by atomic mass is 10.2. The number of sulfonamides is 1. The summed E-state index contributed by atoms with van der Waals surface area (Å²) in [5.74, 6) is -0.346. The van der Waals surface area contributed by atoms with Gasteiger partial charge in [0.25, 0.3) is 5.56 Å². The average molecular weight is 469 g/mol. The molecule has 2 saturated heterocycles. The van der Waals surface area contributed by atoms with Crippen molar-refractivity contribution >= 4 is 31.8 Å². The molecule has 2 aliphatic heterocycles. The highest BCUT2D eigenvalue weighted by Gasteiger charge is 2.45. The Morgan fingerprint density at radius 1 is 1.21 bits per heavy atom. The number of hydrogen-bond donors (Lipinski definition) is 2. The maximum absolute atomic E-state index is 13.8. The zero-order valence-corrected chi connectivity index (χ0v) is 18.2. The van der Waals surface area contributed by atoms with Crippen molar-refractivity contribution in [2.24, 2.45) is 0 Å². The van der Waals surface area contributed by atoms with Gasteiger partial charge in [-0.25, -0.2) is 17.8 Å². The smallest absolute Gasteiger partial charge is 0.274 e. The summed E-state index contributed by atoms with van der Waals surface area (Å²) in [7, 11) is -3.91. The summed E-state index contributed by atoms with van der Waals surface area (Å²) in [6.07, 6.45) is 4.30. The number of aromatic nitrogens is 3. The van der Waals surface area contributed by atoms with E-state index in [1.54, 1.807) is 29.0 Å². The topological polar surface area (TPSA) is 113 Å². The molecule has 0 bridgehead atoms. The number of epoxide rings is 1. The van der Waals surface area contributed by atoms with Crippen LogP contribution < -0.4 is 10.9 Å². The third-order valence-electron chi connectivity index (χ3n) is 6.16. The van der Waals surface area contributed by atoms with Crippen molar-refractivity contribution in [3.05, 3.63) is 70.7 Å². The van der Waals surface area contributed by atoms with E-state index in [1.807, 2.05) is 0 Å². The second kappa shape index (κ2) is 7.45. The predicted octanol–water partition coefficient (Wildman–Crippen LogP) is 1.38. The Labute approximate surface area is 187 Å². The van der Waals surface area contributed by atoms with E-state index >= 15 is 0 Å². The van der Waals surface area contributed by atoms with Crippen LogP contribution in [0.4, 0.5) is 4.39 Å². The van der Waals surface area contributed by atoms with Gasteiger partial charge in [-0.15, -0.1) is 0 Å². The minimum absolute atomic E-state index is 0.103. The molecular weight excluding hydrogens is 449 g/mol. The Balaban J connectivity index is 1.55. The number of halogens is 1. The number of fused-ring (bicyclic) bond motifs is 4. The third-order valence-corrected chi connectivity index (χ3v) is 8.04. The van der Waals surface area contributed by atoms with Gasteiger partial charge in [-0.05, 0) is 23.8 Å². The Hall–Kier alpha value is -3.12. The van der Waals surface area contributed by atoms with Gasteiger partial charge >= 0.3 is 0 Å². The van der Waals surface area contributed by atoms with E-state index < -0.39 is 15.6 Å². The lowest BCUT2D eigenvalue weighted by Gasteiger charge is -2.19. The molecule has 2 atom stereocenters. The lowest BCUT2D eigenvalue weighted by Crippen LogP contribution is -2.36. The molecule has 6 rings (SSSR count). The lowest BCUT2D eigenvalue weighted by molar-refractivity contribution is 0.290. The molecule has 0 aliphatic carbocycles. The highest BCUT2D eigenvalue weighted by molar-refractivity contribution is 7.89. The van der Waals surface area contributed by atoms with Gasteiger partial charge in [0.2, 0.25) is 10.0 Å². The van der Waals surface area contributed by atoms with Gasteiger partial charge in [-0.3, -0.25) is 10.1 Å². The first-order chi connectivity index (χ1) is 15.9. The zero-order valence-electron chi connectivity index (χ0n) is 17.4. The van der Waals surface area contributed by atoms with Crippen molar-refractivity contribution in [2.75, 3.05) is 19.6 Å². The second-order valence-corrected chi connectivity index (χ2v) is 10.2. The van der Waals surface area contributed by atoms with E-state index in [4.69, 9.17) is 4.74 Å². The summed E-state index contributed by atoms with van der Waals surface area (Å²) in [5.41, 5.74) is 1.15. The van der Waals surface area contributed by atoms with E-state index in [9.17, 15) is 17.6 Å². The molecule has 0 amide bonds. The van der Waals surface area contributed by atoms with E-state index in [0.29, 0.717) is 35.9 Å². The van der Waals surface area contributed by atoms with Crippen LogP contribution in [0.5, 0.6) is 0 Å². The van der Waals surface area contributed by atoms with Crippen LogP contribution in [-0.2, 0) is 21.3 Å². The van der Waals surface area contributed by atoms with Crippen LogP contribution in [0.15, 0.2) is 58.6 Å². The predicted molar refractivity (Wildman–Crippen MR) is 119 cm³/mol. The van der Waals surface area contributed by atoms with Crippen LogP contribution in [0.25, 0.3) is 21.8 Å². The fourth-order valence-electron chi connectivity index (χ4n) is 4.44. The number of hydrogen-bond acceptors (Lipinski definition) is 6. The van der Waals surface area contributed by atoms with E-state index in [2.05, 4.69) is 15.3 Å². The van der Waals surface area contributed by atoms with Crippen molar-refractivity contribution in [1.29, 1.82) is 0 Å². The van der Waals surface area contributed by atoms with Gasteiger partial charge in [0, 0.05) is 49.3 Å². The molecule has 3 aromatic heterocycles. The van der Waals surface area contributed by atoms with Gasteiger partial charge < -0.3 is 14.3 Å². The van der Waals surface area contributed by atoms with Crippen molar-refractivity contribution in [1.82, 2.24) is 24.2 Å². The van der Waals surface area contributed by atoms with Crippen LogP contribution in [0.3, 0.4) is 0 Å². The summed E-state index contributed by atoms with van der Waals surface area (Å²) >= 11 is 0. The number of pyridine rings is 2. The largest absolute Gasteiger partial charge is 0.352 e. The third kappa shape index (κ3) is 3.44. The molecule has 33 heavy (non-hydrogen) atoms. The number of ether oxygens (including phenoxy) is 1. The molecule has 11 heteroatoms. The van der Waals surface area contributed by atoms with Crippen molar-refractivity contribution in [2.45, 2.75) is 23.8 Å². The van der Waals surface area contributed by atoms with Crippen LogP contribution in [0.1, 0.15) is 5.56 Å². The van der Waals surface area contributed by atoms with Crippen LogP contribution >= 0.6 is 0 Å². The molecule has 9 nitrogen and oxygen atoms in total. The normalized spacial score (nSPS) is 21.2. The fraction of sp³-hybridized carbons (Fsp3) is 0.273. The first kappa shape index (κ1) is 20.5. The minimum atomic E-state index is -3.91. The molecular formula is C22H20FN5O4S. The van der Waals surface area contributed by atoms with E-state index in [-0.39, 0.29) is 35.1 Å². The Bertz CT molecular complexity index is 1550. The molecule has 1 aromatic carbocycles. The highest BCUT2D eigenvalue weighted by Crippen LogP contribution is 2.34. The van der Waals surface area contributed by atoms with Gasteiger partial charge in [0.15, 0.2) is 0 Å². The molecule has 2 N–H and O–H groups in total. The Morgan fingerprint density at radius 2 is 2.03 bits per heavy atom. The number of nitrogens with one attached hydrogen (secondary N) is 2. The molecule has 2 fully saturated rings. The summed E-state index contributed by atoms with van der Waals surface area (Å²) in [6.45, 7) is 1.37. The van der Waals surface area contributed by atoms with Crippen molar-refractivity contribution < 1.29 is 17.5 Å². The summed E-state index contributed by atoms with van der Waals surface area (Å²) in [5, 5.41) is 4.07. The molecule has 2 aliphatic rings. The molecule has 0 spiro atoms. The fourth-order valence-corrected chi connectivity index (χ4v) is 6.12. The number of benzene rings is 1. The number of nitrogens with zero attached hydrogens (tertiary/aromatic N) is 3. The second-order valence-electron chi connectivity index (χ2n) is 8.25. The van der Waals surface area contributed by atoms with Crippen molar-refractivity contribution in [3.8, 4) is 0 Å².